The standard InChI is InChI=1S/C17H17N3O3/c1-4-14-8-15(17(22-3)10-19-14)20(2)23-16-6-5-12(11-21)7-13(16)9-18/h5-8,10-11H,4H2,1-3H3. The first-order chi connectivity index (χ1) is 11.1. The molecule has 6 nitrogen and oxygen atoms in total. The van der Waals surface area contributed by atoms with Crippen molar-refractivity contribution < 1.29 is 14.4 Å². The minimum Gasteiger partial charge on any atom is -0.493 e. The number of benzene rings is 1. The van der Waals surface area contributed by atoms with E-state index >= 15 is 0 Å². The van der Waals surface area contributed by atoms with Gasteiger partial charge in [0.15, 0.2) is 11.5 Å². The molecule has 1 heterocycles. The minimum absolute atomic E-state index is 0.283. The molecular formula is C17H17N3O3. The molecule has 0 spiro atoms. The maximum Gasteiger partial charge on any atom is 0.173 e. The van der Waals surface area contributed by atoms with E-state index in [2.05, 4.69) is 4.98 Å². The lowest BCUT2D eigenvalue weighted by Crippen LogP contribution is -2.23. The Morgan fingerprint density at radius 2 is 2.13 bits per heavy atom. The first kappa shape index (κ1) is 16.3. The molecule has 0 unspecified atom stereocenters. The highest BCUT2D eigenvalue weighted by Gasteiger charge is 2.14. The van der Waals surface area contributed by atoms with Crippen LogP contribution in [-0.4, -0.2) is 25.4 Å². The maximum atomic E-state index is 10.8. The van der Waals surface area contributed by atoms with Crippen molar-refractivity contribution in [2.45, 2.75) is 13.3 Å². The largest absolute Gasteiger partial charge is 0.493 e. The average molecular weight is 311 g/mol. The molecule has 6 heteroatoms. The number of pyridine rings is 1. The Morgan fingerprint density at radius 3 is 2.74 bits per heavy atom. The highest BCUT2D eigenvalue weighted by atomic mass is 16.7. The molecule has 0 bridgehead atoms. The summed E-state index contributed by atoms with van der Waals surface area (Å²) in [6, 6.07) is 8.56. The molecule has 0 radical (unpaired) electrons. The number of nitriles is 1. The molecule has 1 aromatic heterocycles. The van der Waals surface area contributed by atoms with Crippen molar-refractivity contribution in [2.24, 2.45) is 0 Å². The molecular weight excluding hydrogens is 294 g/mol. The van der Waals surface area contributed by atoms with Gasteiger partial charge in [0.25, 0.3) is 0 Å². The van der Waals surface area contributed by atoms with Crippen molar-refractivity contribution >= 4 is 12.0 Å². The Kier molecular flexibility index (Phi) is 5.15. The summed E-state index contributed by atoms with van der Waals surface area (Å²) in [5, 5.41) is 10.7. The fraction of sp³-hybridized carbons (Fsp3) is 0.235. The summed E-state index contributed by atoms with van der Waals surface area (Å²) < 4.78 is 5.30. The van der Waals surface area contributed by atoms with E-state index in [1.807, 2.05) is 19.1 Å². The summed E-state index contributed by atoms with van der Waals surface area (Å²) in [6.07, 6.45) is 3.10. The number of anilines is 1. The average Bonchev–Trinajstić information content (AvgIpc) is 2.61. The lowest BCUT2D eigenvalue weighted by atomic mass is 10.1. The van der Waals surface area contributed by atoms with Gasteiger partial charge in [0.05, 0.1) is 18.9 Å². The molecule has 0 atom stereocenters. The normalized spacial score (nSPS) is 9.83. The molecule has 0 saturated heterocycles. The number of hydrogen-bond donors (Lipinski definition) is 0. The molecule has 0 aliphatic carbocycles. The Morgan fingerprint density at radius 1 is 1.35 bits per heavy atom. The summed E-state index contributed by atoms with van der Waals surface area (Å²) >= 11 is 0. The van der Waals surface area contributed by atoms with E-state index < -0.39 is 0 Å². The Bertz CT molecular complexity index is 753. The molecule has 2 rings (SSSR count). The van der Waals surface area contributed by atoms with E-state index in [1.54, 1.807) is 32.5 Å². The number of aromatic nitrogens is 1. The predicted molar refractivity (Wildman–Crippen MR) is 85.7 cm³/mol. The van der Waals surface area contributed by atoms with Crippen LogP contribution in [0.15, 0.2) is 30.5 Å². The van der Waals surface area contributed by atoms with Crippen LogP contribution in [0.4, 0.5) is 5.69 Å². The lowest BCUT2D eigenvalue weighted by molar-refractivity contribution is 0.112. The number of hydrogen-bond acceptors (Lipinski definition) is 6. The van der Waals surface area contributed by atoms with Gasteiger partial charge in [0, 0.05) is 18.3 Å². The molecule has 1 aromatic carbocycles. The number of carbonyl (C=O) groups excluding carboxylic acids is 1. The van der Waals surface area contributed by atoms with Gasteiger partial charge in [0.1, 0.15) is 18.0 Å². The van der Waals surface area contributed by atoms with Crippen molar-refractivity contribution in [3.63, 3.8) is 0 Å². The number of rotatable bonds is 6. The number of carbonyl (C=O) groups is 1. The number of aryl methyl sites for hydroxylation is 1. The van der Waals surface area contributed by atoms with Crippen LogP contribution in [0.3, 0.4) is 0 Å². The van der Waals surface area contributed by atoms with Crippen LogP contribution in [0.25, 0.3) is 0 Å². The first-order valence-electron chi connectivity index (χ1n) is 7.06. The Balaban J connectivity index is 2.34. The Labute approximate surface area is 134 Å². The molecule has 2 aromatic rings. The van der Waals surface area contributed by atoms with E-state index in [0.29, 0.717) is 29.0 Å². The van der Waals surface area contributed by atoms with Crippen molar-refractivity contribution in [1.29, 1.82) is 5.26 Å². The predicted octanol–water partition coefficient (Wildman–Crippen LogP) is 2.77. The zero-order valence-corrected chi connectivity index (χ0v) is 13.2. The highest BCUT2D eigenvalue weighted by Crippen LogP contribution is 2.29. The van der Waals surface area contributed by atoms with Crippen LogP contribution in [0, 0.1) is 11.3 Å². The van der Waals surface area contributed by atoms with Gasteiger partial charge in [-0.2, -0.15) is 5.26 Å². The van der Waals surface area contributed by atoms with Crippen LogP contribution in [0.5, 0.6) is 11.5 Å². The quantitative estimate of drug-likeness (QED) is 0.603. The number of aldehydes is 1. The third kappa shape index (κ3) is 3.58. The minimum atomic E-state index is 0.283. The summed E-state index contributed by atoms with van der Waals surface area (Å²) in [6.45, 7) is 2.01. The molecule has 0 N–H and O–H groups in total. The Hall–Kier alpha value is -3.07. The maximum absolute atomic E-state index is 10.8. The molecule has 0 fully saturated rings. The first-order valence-corrected chi connectivity index (χ1v) is 7.06. The van der Waals surface area contributed by atoms with Crippen molar-refractivity contribution in [1.82, 2.24) is 4.98 Å². The third-order valence-electron chi connectivity index (χ3n) is 3.32. The molecule has 23 heavy (non-hydrogen) atoms. The van der Waals surface area contributed by atoms with Crippen molar-refractivity contribution in [3.05, 3.63) is 47.3 Å². The lowest BCUT2D eigenvalue weighted by Gasteiger charge is -2.22. The zero-order valence-electron chi connectivity index (χ0n) is 13.2. The highest BCUT2D eigenvalue weighted by molar-refractivity contribution is 5.76. The van der Waals surface area contributed by atoms with Gasteiger partial charge in [-0.1, -0.05) is 6.92 Å². The monoisotopic (exact) mass is 311 g/mol. The molecule has 0 aliphatic heterocycles. The van der Waals surface area contributed by atoms with Gasteiger partial charge >= 0.3 is 0 Å². The van der Waals surface area contributed by atoms with Crippen LogP contribution in [-0.2, 0) is 6.42 Å². The van der Waals surface area contributed by atoms with Gasteiger partial charge in [-0.25, -0.2) is 5.06 Å². The fourth-order valence-electron chi connectivity index (χ4n) is 2.06. The van der Waals surface area contributed by atoms with Gasteiger partial charge in [-0.05, 0) is 30.7 Å². The number of hydroxylamine groups is 1. The fourth-order valence-corrected chi connectivity index (χ4v) is 2.06. The van der Waals surface area contributed by atoms with Crippen LogP contribution >= 0.6 is 0 Å². The number of nitrogens with zero attached hydrogens (tertiary/aromatic N) is 3. The van der Waals surface area contributed by atoms with Gasteiger partial charge in [-0.15, -0.1) is 0 Å². The van der Waals surface area contributed by atoms with Gasteiger partial charge in [0.2, 0.25) is 0 Å². The van der Waals surface area contributed by atoms with E-state index in [0.717, 1.165) is 12.1 Å². The third-order valence-corrected chi connectivity index (χ3v) is 3.32. The van der Waals surface area contributed by atoms with Crippen LogP contribution in [0.1, 0.15) is 28.5 Å². The summed E-state index contributed by atoms with van der Waals surface area (Å²) in [7, 11) is 3.27. The SMILES string of the molecule is CCc1cc(N(C)Oc2ccc(C=O)cc2C#N)c(OC)cn1. The molecule has 118 valence electrons. The van der Waals surface area contributed by atoms with Crippen molar-refractivity contribution in [2.75, 3.05) is 19.2 Å². The summed E-state index contributed by atoms with van der Waals surface area (Å²) in [5.74, 6) is 0.922. The topological polar surface area (TPSA) is 75.5 Å². The van der Waals surface area contributed by atoms with Crippen LogP contribution < -0.4 is 14.6 Å². The second kappa shape index (κ2) is 7.27. The summed E-state index contributed by atoms with van der Waals surface area (Å²) in [4.78, 5) is 20.8. The van der Waals surface area contributed by atoms with E-state index in [9.17, 15) is 10.1 Å². The second-order valence-corrected chi connectivity index (χ2v) is 4.78. The van der Waals surface area contributed by atoms with Gasteiger partial charge in [-0.3, -0.25) is 9.78 Å². The van der Waals surface area contributed by atoms with Gasteiger partial charge < -0.3 is 9.57 Å². The van der Waals surface area contributed by atoms with Crippen molar-refractivity contribution in [3.8, 4) is 17.6 Å². The van der Waals surface area contributed by atoms with E-state index in [-0.39, 0.29) is 5.56 Å². The van der Waals surface area contributed by atoms with E-state index in [1.165, 1.54) is 11.1 Å². The molecule has 0 saturated carbocycles. The number of ether oxygens (including phenoxy) is 1. The van der Waals surface area contributed by atoms with Crippen LogP contribution in [0.2, 0.25) is 0 Å². The smallest absolute Gasteiger partial charge is 0.173 e. The second-order valence-electron chi connectivity index (χ2n) is 4.78. The van der Waals surface area contributed by atoms with E-state index in [4.69, 9.17) is 9.57 Å². The summed E-state index contributed by atoms with van der Waals surface area (Å²) in [5.41, 5.74) is 2.30. The zero-order chi connectivity index (χ0) is 16.8. The molecule has 0 amide bonds. The number of methoxy groups -OCH3 is 1. The molecule has 0 aliphatic rings.